The standard InChI is InChI=1S/C14H22O3/c1-9(13(15)17-14(2,3)4)16-12-8-10-5-6-11(12)7-10/h5-6,9-12H,7-8H2,1-4H3/p+1. The number of rotatable bonds is 3. The highest BCUT2D eigenvalue weighted by molar-refractivity contribution is 5.75. The summed E-state index contributed by atoms with van der Waals surface area (Å²) in [6.07, 6.45) is 6.70. The van der Waals surface area contributed by atoms with E-state index in [0.717, 1.165) is 6.42 Å². The van der Waals surface area contributed by atoms with Crippen molar-refractivity contribution in [1.29, 1.82) is 0 Å². The molecule has 3 nitrogen and oxygen atoms in total. The van der Waals surface area contributed by atoms with Crippen molar-refractivity contribution in [1.82, 2.24) is 0 Å². The van der Waals surface area contributed by atoms with Crippen molar-refractivity contribution >= 4 is 5.97 Å². The topological polar surface area (TPSA) is 39.9 Å². The van der Waals surface area contributed by atoms with Crippen molar-refractivity contribution in [3.63, 3.8) is 0 Å². The molecule has 2 aliphatic rings. The van der Waals surface area contributed by atoms with Gasteiger partial charge in [0.2, 0.25) is 6.10 Å². The minimum absolute atomic E-state index is 0.00995. The molecule has 96 valence electrons. The van der Waals surface area contributed by atoms with E-state index in [1.54, 1.807) is 0 Å². The molecule has 0 aromatic rings. The predicted octanol–water partition coefficient (Wildman–Crippen LogP) is 2.67. The summed E-state index contributed by atoms with van der Waals surface area (Å²) in [5.74, 6) is 1.21. The third-order valence-corrected chi connectivity index (χ3v) is 3.36. The lowest BCUT2D eigenvalue weighted by Gasteiger charge is -2.21. The number of allylic oxidation sites excluding steroid dienone is 1. The molecule has 17 heavy (non-hydrogen) atoms. The quantitative estimate of drug-likeness (QED) is 0.431. The van der Waals surface area contributed by atoms with Gasteiger partial charge in [0.15, 0.2) is 5.60 Å². The van der Waals surface area contributed by atoms with Crippen LogP contribution in [0.5, 0.6) is 0 Å². The first-order valence-electron chi connectivity index (χ1n) is 6.44. The minimum atomic E-state index is -0.379. The fourth-order valence-corrected chi connectivity index (χ4v) is 2.60. The van der Waals surface area contributed by atoms with Crippen LogP contribution in [0.2, 0.25) is 0 Å². The monoisotopic (exact) mass is 239 g/mol. The molecule has 0 aromatic heterocycles. The predicted molar refractivity (Wildman–Crippen MR) is 67.5 cm³/mol. The number of hydrogen-bond acceptors (Lipinski definition) is 2. The molecule has 2 bridgehead atoms. The third kappa shape index (κ3) is 3.09. The van der Waals surface area contributed by atoms with Gasteiger partial charge in [-0.2, -0.15) is 0 Å². The van der Waals surface area contributed by atoms with E-state index < -0.39 is 0 Å². The maximum absolute atomic E-state index is 9.84. The average molecular weight is 239 g/mol. The van der Waals surface area contributed by atoms with Gasteiger partial charge in [0.05, 0.1) is 6.10 Å². The van der Waals surface area contributed by atoms with Crippen molar-refractivity contribution < 1.29 is 14.3 Å². The molecule has 0 aromatic carbocycles. The van der Waals surface area contributed by atoms with E-state index in [1.807, 2.05) is 27.7 Å². The SMILES string of the molecule is CC(OC1CC2C=CC1C2)C(=[OH+])OC(C)(C)C. The third-order valence-electron chi connectivity index (χ3n) is 3.36. The van der Waals surface area contributed by atoms with Gasteiger partial charge < -0.3 is 14.3 Å². The molecule has 0 amide bonds. The van der Waals surface area contributed by atoms with Crippen molar-refractivity contribution in [2.24, 2.45) is 11.8 Å². The fraction of sp³-hybridized carbons (Fsp3) is 0.786. The highest BCUT2D eigenvalue weighted by Crippen LogP contribution is 2.41. The average Bonchev–Trinajstić information content (AvgIpc) is 2.76. The first kappa shape index (κ1) is 12.6. The second-order valence-corrected chi connectivity index (χ2v) is 6.15. The maximum Gasteiger partial charge on any atom is 0.513 e. The Morgan fingerprint density at radius 3 is 2.47 bits per heavy atom. The molecule has 0 heterocycles. The Morgan fingerprint density at radius 2 is 2.00 bits per heavy atom. The van der Waals surface area contributed by atoms with Gasteiger partial charge in [-0.15, -0.1) is 0 Å². The molecule has 4 unspecified atom stereocenters. The van der Waals surface area contributed by atoms with E-state index in [-0.39, 0.29) is 23.8 Å². The number of fused-ring (bicyclic) bond motifs is 2. The zero-order valence-corrected chi connectivity index (χ0v) is 11.1. The molecule has 0 spiro atoms. The lowest BCUT2D eigenvalue weighted by molar-refractivity contribution is -0.0134. The Labute approximate surface area is 103 Å². The van der Waals surface area contributed by atoms with Gasteiger partial charge in [0.1, 0.15) is 0 Å². The number of ether oxygens (including phenoxy) is 2. The van der Waals surface area contributed by atoms with Crippen molar-refractivity contribution in [3.8, 4) is 0 Å². The summed E-state index contributed by atoms with van der Waals surface area (Å²) in [5.41, 5.74) is -0.379. The molecule has 4 atom stereocenters. The maximum atomic E-state index is 9.84. The molecule has 0 aliphatic heterocycles. The summed E-state index contributed by atoms with van der Waals surface area (Å²) >= 11 is 0. The largest absolute Gasteiger partial charge is 0.513 e. The van der Waals surface area contributed by atoms with Gasteiger partial charge in [0, 0.05) is 26.7 Å². The van der Waals surface area contributed by atoms with Gasteiger partial charge in [0.25, 0.3) is 0 Å². The molecule has 1 N–H and O–H groups in total. The van der Waals surface area contributed by atoms with Crippen LogP contribution in [0, 0.1) is 11.8 Å². The zero-order valence-electron chi connectivity index (χ0n) is 11.1. The fourth-order valence-electron chi connectivity index (χ4n) is 2.60. The van der Waals surface area contributed by atoms with Crippen LogP contribution in [-0.2, 0) is 9.47 Å². The smallest absolute Gasteiger partial charge is 0.357 e. The summed E-state index contributed by atoms with van der Waals surface area (Å²) < 4.78 is 11.3. The Morgan fingerprint density at radius 1 is 1.29 bits per heavy atom. The Hall–Kier alpha value is -0.830. The molecule has 0 radical (unpaired) electrons. The summed E-state index contributed by atoms with van der Waals surface area (Å²) in [7, 11) is 0. The van der Waals surface area contributed by atoms with Crippen LogP contribution in [0.25, 0.3) is 0 Å². The molecule has 3 heteroatoms. The molecule has 0 saturated heterocycles. The van der Waals surface area contributed by atoms with Crippen molar-refractivity contribution in [3.05, 3.63) is 12.2 Å². The van der Waals surface area contributed by atoms with Gasteiger partial charge in [-0.1, -0.05) is 12.2 Å². The Kier molecular flexibility index (Phi) is 3.30. The molecule has 2 aliphatic carbocycles. The van der Waals surface area contributed by atoms with Crippen LogP contribution < -0.4 is 0 Å². The van der Waals surface area contributed by atoms with Crippen LogP contribution >= 0.6 is 0 Å². The Balaban J connectivity index is 1.83. The van der Waals surface area contributed by atoms with Crippen LogP contribution in [0.1, 0.15) is 40.5 Å². The van der Waals surface area contributed by atoms with E-state index in [4.69, 9.17) is 9.47 Å². The summed E-state index contributed by atoms with van der Waals surface area (Å²) in [5, 5.41) is 0. The van der Waals surface area contributed by atoms with E-state index in [2.05, 4.69) is 12.2 Å². The number of hydrogen-bond donors (Lipinski definition) is 0. The molecule has 1 fully saturated rings. The Bertz CT molecular complexity index is 327. The van der Waals surface area contributed by atoms with Gasteiger partial charge in [-0.05, 0) is 25.7 Å². The second kappa shape index (κ2) is 4.45. The van der Waals surface area contributed by atoms with E-state index >= 15 is 0 Å². The van der Waals surface area contributed by atoms with Crippen LogP contribution in [0.3, 0.4) is 0 Å². The van der Waals surface area contributed by atoms with Crippen molar-refractivity contribution in [2.75, 3.05) is 0 Å². The zero-order chi connectivity index (χ0) is 12.6. The first-order valence-corrected chi connectivity index (χ1v) is 6.44. The highest BCUT2D eigenvalue weighted by atomic mass is 16.6. The summed E-state index contributed by atoms with van der Waals surface area (Å²) in [6.45, 7) is 7.58. The first-order chi connectivity index (χ1) is 7.85. The molecular formula is C14H23O3+. The highest BCUT2D eigenvalue weighted by Gasteiger charge is 2.40. The second-order valence-electron chi connectivity index (χ2n) is 6.15. The lowest BCUT2D eigenvalue weighted by atomic mass is 10.0. The van der Waals surface area contributed by atoms with Gasteiger partial charge in [-0.3, -0.25) is 0 Å². The van der Waals surface area contributed by atoms with Crippen LogP contribution in [0.4, 0.5) is 0 Å². The molecule has 1 saturated carbocycles. The molecule has 2 rings (SSSR count). The van der Waals surface area contributed by atoms with Gasteiger partial charge >= 0.3 is 5.97 Å². The van der Waals surface area contributed by atoms with Gasteiger partial charge in [-0.25, -0.2) is 0 Å². The van der Waals surface area contributed by atoms with Crippen LogP contribution in [0.15, 0.2) is 12.2 Å². The minimum Gasteiger partial charge on any atom is -0.357 e. The molecular weight excluding hydrogens is 216 g/mol. The summed E-state index contributed by atoms with van der Waals surface area (Å²) in [4.78, 5) is 9.84. The number of esters is 1. The normalized spacial score (nSPS) is 32.8. The van der Waals surface area contributed by atoms with Crippen LogP contribution in [-0.4, -0.2) is 28.6 Å². The lowest BCUT2D eigenvalue weighted by Crippen LogP contribution is -2.35. The van der Waals surface area contributed by atoms with E-state index in [9.17, 15) is 4.79 Å². The summed E-state index contributed by atoms with van der Waals surface area (Å²) in [6, 6.07) is 0. The van der Waals surface area contributed by atoms with Crippen molar-refractivity contribution in [2.45, 2.75) is 58.3 Å². The number of carbonyl (C=O) groups excluding carboxylic acids is 1. The van der Waals surface area contributed by atoms with E-state index in [0.29, 0.717) is 11.8 Å². The van der Waals surface area contributed by atoms with E-state index in [1.165, 1.54) is 6.42 Å².